The fraction of sp³-hybridized carbons (Fsp3) is 0.750. The van der Waals surface area contributed by atoms with Crippen LogP contribution in [0.2, 0.25) is 0 Å². The maximum atomic E-state index is 9.43. The van der Waals surface area contributed by atoms with Crippen LogP contribution in [-0.4, -0.2) is 45.9 Å². The highest BCUT2D eigenvalue weighted by molar-refractivity contribution is 5.85. The lowest BCUT2D eigenvalue weighted by atomic mass is 11.0. The van der Waals surface area contributed by atoms with E-state index in [1.165, 1.54) is 4.90 Å². The molecule has 0 aliphatic heterocycles. The highest BCUT2D eigenvalue weighted by Gasteiger charge is 1.68. The molecule has 0 saturated carbocycles. The number of nitrogens with zero attached hydrogens (tertiary/aromatic N) is 1. The van der Waals surface area contributed by atoms with Crippen LogP contribution in [0.4, 0.5) is 0 Å². The second-order valence-corrected chi connectivity index (χ2v) is 1.71. The monoisotopic (exact) mass is 231 g/mol. The standard InChI is InChI=1S/C3H7NO.C2H7N.CH3NO.2CH4.ClH/c1-4(2)3-5;1-3-2;2-1-3;;;/h3H,1-2H3;3H,1-2H3;1H,(H2,2,3);2*1H4;1H. The molecule has 0 unspecified atom stereocenters. The van der Waals surface area contributed by atoms with Gasteiger partial charge in [0.2, 0.25) is 12.8 Å². The van der Waals surface area contributed by atoms with E-state index in [1.54, 1.807) is 14.1 Å². The minimum atomic E-state index is 0. The molecule has 0 heterocycles. The van der Waals surface area contributed by atoms with Crippen molar-refractivity contribution in [3.63, 3.8) is 0 Å². The van der Waals surface area contributed by atoms with Crippen molar-refractivity contribution >= 4 is 25.2 Å². The number of primary amides is 1. The van der Waals surface area contributed by atoms with Crippen molar-refractivity contribution in [2.75, 3.05) is 28.2 Å². The van der Waals surface area contributed by atoms with Crippen molar-refractivity contribution in [1.29, 1.82) is 0 Å². The predicted octanol–water partition coefficient (Wildman–Crippen LogP) is 0.336. The van der Waals surface area contributed by atoms with Gasteiger partial charge in [-0.1, -0.05) is 14.9 Å². The first-order chi connectivity index (χ1) is 5.10. The Morgan fingerprint density at radius 1 is 1.14 bits per heavy atom. The number of carbonyl (C=O) groups is 2. The van der Waals surface area contributed by atoms with E-state index in [-0.39, 0.29) is 33.7 Å². The molecule has 0 atom stereocenters. The van der Waals surface area contributed by atoms with Crippen molar-refractivity contribution < 1.29 is 9.59 Å². The third-order valence-corrected chi connectivity index (χ3v) is 0.211. The van der Waals surface area contributed by atoms with Gasteiger partial charge in [-0.25, -0.2) is 0 Å². The minimum Gasteiger partial charge on any atom is -0.372 e. The highest BCUT2D eigenvalue weighted by atomic mass is 35.5. The van der Waals surface area contributed by atoms with E-state index in [0.717, 1.165) is 6.41 Å². The third-order valence-electron chi connectivity index (χ3n) is 0.211. The van der Waals surface area contributed by atoms with E-state index in [0.29, 0.717) is 0 Å². The maximum absolute atomic E-state index is 9.43. The van der Waals surface area contributed by atoms with Crippen molar-refractivity contribution in [2.45, 2.75) is 14.9 Å². The number of carbonyl (C=O) groups excluding carboxylic acids is 2. The second-order valence-electron chi connectivity index (χ2n) is 1.71. The normalized spacial score (nSPS) is 4.57. The summed E-state index contributed by atoms with van der Waals surface area (Å²) in [4.78, 5) is 19.5. The molecule has 0 aromatic rings. The van der Waals surface area contributed by atoms with Crippen LogP contribution in [0.25, 0.3) is 0 Å². The summed E-state index contributed by atoms with van der Waals surface area (Å²) in [5.41, 5.74) is 4.17. The highest BCUT2D eigenvalue weighted by Crippen LogP contribution is 1.52. The van der Waals surface area contributed by atoms with Gasteiger partial charge >= 0.3 is 0 Å². The Kier molecular flexibility index (Phi) is 153. The largest absolute Gasteiger partial charge is 0.372 e. The lowest BCUT2D eigenvalue weighted by molar-refractivity contribution is -0.116. The summed E-state index contributed by atoms with van der Waals surface area (Å²) in [5, 5.41) is 2.75. The number of halogens is 1. The summed E-state index contributed by atoms with van der Waals surface area (Å²) in [6.07, 6.45) is 1.00. The molecule has 0 aromatic carbocycles. The van der Waals surface area contributed by atoms with Gasteiger partial charge in [-0.15, -0.1) is 12.4 Å². The fourth-order valence-electron chi connectivity index (χ4n) is 0. The molecule has 3 N–H and O–H groups in total. The second kappa shape index (κ2) is 56.7. The molecular formula is C8H26ClN3O2. The molecule has 5 nitrogen and oxygen atoms in total. The van der Waals surface area contributed by atoms with Crippen molar-refractivity contribution in [3.8, 4) is 0 Å². The summed E-state index contributed by atoms with van der Waals surface area (Å²) in [5.74, 6) is 0. The minimum absolute atomic E-state index is 0. The van der Waals surface area contributed by atoms with Crippen LogP contribution in [-0.2, 0) is 9.59 Å². The lowest BCUT2D eigenvalue weighted by Crippen LogP contribution is -2.06. The molecule has 0 bridgehead atoms. The molecule has 14 heavy (non-hydrogen) atoms. The van der Waals surface area contributed by atoms with Crippen LogP contribution >= 0.6 is 12.4 Å². The summed E-state index contributed by atoms with van der Waals surface area (Å²) in [6.45, 7) is 0. The fourth-order valence-corrected chi connectivity index (χ4v) is 0. The molecule has 0 spiro atoms. The van der Waals surface area contributed by atoms with Crippen LogP contribution in [0.3, 0.4) is 0 Å². The Labute approximate surface area is 94.4 Å². The van der Waals surface area contributed by atoms with Gasteiger partial charge < -0.3 is 16.0 Å². The Balaban J connectivity index is -0.0000000162. The number of rotatable bonds is 1. The number of nitrogens with two attached hydrogens (primary N) is 1. The zero-order valence-corrected chi connectivity index (χ0v) is 8.72. The van der Waals surface area contributed by atoms with Crippen LogP contribution in [0.5, 0.6) is 0 Å². The quantitative estimate of drug-likeness (QED) is 0.639. The molecule has 0 aliphatic rings. The summed E-state index contributed by atoms with van der Waals surface area (Å²) >= 11 is 0. The molecule has 0 aromatic heterocycles. The zero-order valence-electron chi connectivity index (χ0n) is 7.90. The van der Waals surface area contributed by atoms with E-state index in [2.05, 4.69) is 11.1 Å². The Bertz CT molecular complexity index is 83.0. The first kappa shape index (κ1) is 37.9. The molecule has 0 fully saturated rings. The third kappa shape index (κ3) is 821. The van der Waals surface area contributed by atoms with Crippen LogP contribution in [0.15, 0.2) is 0 Å². The van der Waals surface area contributed by atoms with Gasteiger partial charge in [0.25, 0.3) is 0 Å². The molecule has 2 amide bonds. The van der Waals surface area contributed by atoms with Gasteiger partial charge in [0.05, 0.1) is 0 Å². The molecule has 92 valence electrons. The van der Waals surface area contributed by atoms with Crippen molar-refractivity contribution in [3.05, 3.63) is 0 Å². The first-order valence-corrected chi connectivity index (χ1v) is 2.96. The number of nitrogens with one attached hydrogen (secondary N) is 1. The molecule has 0 aliphatic carbocycles. The zero-order chi connectivity index (χ0) is 9.70. The first-order valence-electron chi connectivity index (χ1n) is 2.96. The summed E-state index contributed by atoms with van der Waals surface area (Å²) < 4.78 is 0. The van der Waals surface area contributed by atoms with E-state index < -0.39 is 0 Å². The van der Waals surface area contributed by atoms with Crippen molar-refractivity contribution in [2.24, 2.45) is 5.73 Å². The van der Waals surface area contributed by atoms with Gasteiger partial charge in [0.1, 0.15) is 0 Å². The topological polar surface area (TPSA) is 75.4 Å². The van der Waals surface area contributed by atoms with E-state index in [4.69, 9.17) is 4.79 Å². The average Bonchev–Trinajstić information content (AvgIpc) is 1.91. The lowest BCUT2D eigenvalue weighted by Gasteiger charge is -1.93. The summed E-state index contributed by atoms with van der Waals surface area (Å²) in [6, 6.07) is 0. The predicted molar refractivity (Wildman–Crippen MR) is 65.7 cm³/mol. The molecular weight excluding hydrogens is 206 g/mol. The number of amides is 2. The van der Waals surface area contributed by atoms with Crippen LogP contribution in [0, 0.1) is 0 Å². The Morgan fingerprint density at radius 2 is 1.21 bits per heavy atom. The smallest absolute Gasteiger partial charge is 0.209 e. The van der Waals surface area contributed by atoms with Gasteiger partial charge in [-0.3, -0.25) is 9.59 Å². The molecule has 0 radical (unpaired) electrons. The summed E-state index contributed by atoms with van der Waals surface area (Å²) in [7, 11) is 7.12. The Morgan fingerprint density at radius 3 is 1.21 bits per heavy atom. The average molecular weight is 232 g/mol. The SMILES string of the molecule is C.C.CN(C)C=O.CNC.Cl.NC=O. The van der Waals surface area contributed by atoms with E-state index in [9.17, 15) is 4.79 Å². The van der Waals surface area contributed by atoms with Crippen LogP contribution < -0.4 is 11.1 Å². The van der Waals surface area contributed by atoms with Gasteiger partial charge in [0, 0.05) is 14.1 Å². The molecule has 6 heteroatoms. The molecule has 0 saturated heterocycles. The number of hydrogen-bond acceptors (Lipinski definition) is 3. The van der Waals surface area contributed by atoms with Gasteiger partial charge in [-0.05, 0) is 14.1 Å². The van der Waals surface area contributed by atoms with Crippen LogP contribution in [0.1, 0.15) is 14.9 Å². The Hall–Kier alpha value is -0.810. The van der Waals surface area contributed by atoms with E-state index >= 15 is 0 Å². The van der Waals surface area contributed by atoms with Gasteiger partial charge in [-0.2, -0.15) is 0 Å². The van der Waals surface area contributed by atoms with Gasteiger partial charge in [0.15, 0.2) is 0 Å². The van der Waals surface area contributed by atoms with Crippen molar-refractivity contribution in [1.82, 2.24) is 10.2 Å². The number of hydrogen-bond donors (Lipinski definition) is 2. The molecule has 0 rings (SSSR count). The van der Waals surface area contributed by atoms with E-state index in [1.807, 2.05) is 14.1 Å². The maximum Gasteiger partial charge on any atom is 0.209 e.